The van der Waals surface area contributed by atoms with Crippen molar-refractivity contribution in [1.82, 2.24) is 15.2 Å². The molecular weight excluding hydrogens is 280 g/mol. The standard InChI is InChI=1S/C16H24N4O2/c1-13(21)18-11-14-5-7-15(8-6-14)12-20(17)16(22)19-9-3-2-4-10-19/h5-8H,2-4,9-12,17H2,1H3,(H,18,21). The van der Waals surface area contributed by atoms with E-state index in [2.05, 4.69) is 5.32 Å². The average Bonchev–Trinajstić information content (AvgIpc) is 2.54. The van der Waals surface area contributed by atoms with Crippen LogP contribution in [-0.4, -0.2) is 34.9 Å². The molecule has 1 aliphatic rings. The lowest BCUT2D eigenvalue weighted by atomic mass is 10.1. The number of hydrogen-bond acceptors (Lipinski definition) is 3. The Hall–Kier alpha value is -2.08. The van der Waals surface area contributed by atoms with Crippen LogP contribution in [0.3, 0.4) is 0 Å². The number of nitrogens with zero attached hydrogens (tertiary/aromatic N) is 2. The number of rotatable bonds is 4. The summed E-state index contributed by atoms with van der Waals surface area (Å²) in [5.41, 5.74) is 1.99. The van der Waals surface area contributed by atoms with Crippen molar-refractivity contribution < 1.29 is 9.59 Å². The Morgan fingerprint density at radius 3 is 2.32 bits per heavy atom. The molecule has 6 heteroatoms. The molecule has 22 heavy (non-hydrogen) atoms. The highest BCUT2D eigenvalue weighted by molar-refractivity contribution is 5.74. The number of likely N-dealkylation sites (tertiary alicyclic amines) is 1. The summed E-state index contributed by atoms with van der Waals surface area (Å²) in [6, 6.07) is 7.62. The number of nitrogens with one attached hydrogen (secondary N) is 1. The number of hydrazine groups is 1. The Morgan fingerprint density at radius 1 is 1.14 bits per heavy atom. The highest BCUT2D eigenvalue weighted by atomic mass is 16.2. The Morgan fingerprint density at radius 2 is 1.73 bits per heavy atom. The first-order chi connectivity index (χ1) is 10.6. The predicted octanol–water partition coefficient (Wildman–Crippen LogP) is 1.60. The summed E-state index contributed by atoms with van der Waals surface area (Å²) in [5, 5.41) is 4.02. The van der Waals surface area contributed by atoms with Gasteiger partial charge in [0.25, 0.3) is 0 Å². The molecule has 0 atom stereocenters. The molecule has 0 aliphatic carbocycles. The van der Waals surface area contributed by atoms with Crippen LogP contribution in [0.15, 0.2) is 24.3 Å². The van der Waals surface area contributed by atoms with E-state index < -0.39 is 0 Å². The summed E-state index contributed by atoms with van der Waals surface area (Å²) in [5.74, 6) is 5.85. The van der Waals surface area contributed by atoms with Crippen molar-refractivity contribution in [1.29, 1.82) is 0 Å². The van der Waals surface area contributed by atoms with Crippen molar-refractivity contribution in [3.05, 3.63) is 35.4 Å². The van der Waals surface area contributed by atoms with E-state index in [9.17, 15) is 9.59 Å². The number of piperidine rings is 1. The molecule has 120 valence electrons. The zero-order valence-corrected chi connectivity index (χ0v) is 13.0. The number of urea groups is 1. The molecule has 0 radical (unpaired) electrons. The van der Waals surface area contributed by atoms with Crippen molar-refractivity contribution in [2.24, 2.45) is 5.84 Å². The monoisotopic (exact) mass is 304 g/mol. The Balaban J connectivity index is 1.86. The average molecular weight is 304 g/mol. The molecule has 1 heterocycles. The van der Waals surface area contributed by atoms with Crippen LogP contribution >= 0.6 is 0 Å². The van der Waals surface area contributed by atoms with Gasteiger partial charge >= 0.3 is 6.03 Å². The maximum atomic E-state index is 12.2. The van der Waals surface area contributed by atoms with Gasteiger partial charge in [0.05, 0.1) is 6.54 Å². The van der Waals surface area contributed by atoms with Gasteiger partial charge in [-0.05, 0) is 30.4 Å². The fourth-order valence-electron chi connectivity index (χ4n) is 2.52. The molecule has 0 unspecified atom stereocenters. The zero-order valence-electron chi connectivity index (χ0n) is 13.0. The van der Waals surface area contributed by atoms with Crippen molar-refractivity contribution in [3.8, 4) is 0 Å². The van der Waals surface area contributed by atoms with Gasteiger partial charge < -0.3 is 10.2 Å². The van der Waals surface area contributed by atoms with Gasteiger partial charge in [0, 0.05) is 26.6 Å². The van der Waals surface area contributed by atoms with Gasteiger partial charge in [0.2, 0.25) is 5.91 Å². The Kier molecular flexibility index (Phi) is 5.77. The first-order valence-corrected chi connectivity index (χ1v) is 7.69. The minimum Gasteiger partial charge on any atom is -0.352 e. The van der Waals surface area contributed by atoms with Gasteiger partial charge in [-0.3, -0.25) is 9.80 Å². The lowest BCUT2D eigenvalue weighted by Gasteiger charge is -2.30. The molecule has 1 fully saturated rings. The molecule has 1 aromatic carbocycles. The molecule has 0 saturated carbocycles. The molecule has 6 nitrogen and oxygen atoms in total. The molecule has 2 rings (SSSR count). The summed E-state index contributed by atoms with van der Waals surface area (Å²) >= 11 is 0. The van der Waals surface area contributed by atoms with Crippen LogP contribution in [0.1, 0.15) is 37.3 Å². The van der Waals surface area contributed by atoms with Gasteiger partial charge in [-0.1, -0.05) is 24.3 Å². The Labute approximate surface area is 131 Å². The van der Waals surface area contributed by atoms with E-state index in [0.29, 0.717) is 13.1 Å². The fraction of sp³-hybridized carbons (Fsp3) is 0.500. The summed E-state index contributed by atoms with van der Waals surface area (Å²) in [6.45, 7) is 3.97. The highest BCUT2D eigenvalue weighted by Gasteiger charge is 2.20. The molecule has 0 aromatic heterocycles. The third-order valence-electron chi connectivity index (χ3n) is 3.79. The maximum absolute atomic E-state index is 12.2. The van der Waals surface area contributed by atoms with E-state index in [1.54, 1.807) is 0 Å². The minimum absolute atomic E-state index is 0.0515. The first kappa shape index (κ1) is 16.3. The third-order valence-corrected chi connectivity index (χ3v) is 3.79. The summed E-state index contributed by atoms with van der Waals surface area (Å²) in [4.78, 5) is 24.9. The molecule has 0 spiro atoms. The van der Waals surface area contributed by atoms with Crippen LogP contribution in [0.2, 0.25) is 0 Å². The van der Waals surface area contributed by atoms with E-state index in [0.717, 1.165) is 37.1 Å². The van der Waals surface area contributed by atoms with Crippen molar-refractivity contribution in [2.45, 2.75) is 39.3 Å². The van der Waals surface area contributed by atoms with Crippen LogP contribution in [0.5, 0.6) is 0 Å². The Bertz CT molecular complexity index is 509. The SMILES string of the molecule is CC(=O)NCc1ccc(CN(N)C(=O)N2CCCCC2)cc1. The predicted molar refractivity (Wildman–Crippen MR) is 84.5 cm³/mol. The lowest BCUT2D eigenvalue weighted by molar-refractivity contribution is -0.119. The molecular formula is C16H24N4O2. The van der Waals surface area contributed by atoms with Crippen molar-refractivity contribution in [2.75, 3.05) is 13.1 Å². The van der Waals surface area contributed by atoms with Crippen LogP contribution in [0.4, 0.5) is 4.79 Å². The summed E-state index contributed by atoms with van der Waals surface area (Å²) < 4.78 is 0. The van der Waals surface area contributed by atoms with E-state index in [4.69, 9.17) is 5.84 Å². The molecule has 0 bridgehead atoms. The summed E-state index contributed by atoms with van der Waals surface area (Å²) in [7, 11) is 0. The van der Waals surface area contributed by atoms with E-state index >= 15 is 0 Å². The number of hydrogen-bond donors (Lipinski definition) is 2. The van der Waals surface area contributed by atoms with Crippen LogP contribution in [0.25, 0.3) is 0 Å². The van der Waals surface area contributed by atoms with Crippen molar-refractivity contribution in [3.63, 3.8) is 0 Å². The largest absolute Gasteiger partial charge is 0.352 e. The van der Waals surface area contributed by atoms with Gasteiger partial charge in [-0.2, -0.15) is 0 Å². The fourth-order valence-corrected chi connectivity index (χ4v) is 2.52. The molecule has 1 saturated heterocycles. The number of benzene rings is 1. The lowest BCUT2D eigenvalue weighted by Crippen LogP contribution is -2.48. The number of amides is 3. The normalized spacial score (nSPS) is 14.5. The van der Waals surface area contributed by atoms with Crippen LogP contribution in [0, 0.1) is 0 Å². The summed E-state index contributed by atoms with van der Waals surface area (Å²) in [6.07, 6.45) is 3.29. The topological polar surface area (TPSA) is 78.7 Å². The van der Waals surface area contributed by atoms with Crippen LogP contribution < -0.4 is 11.2 Å². The van der Waals surface area contributed by atoms with E-state index in [-0.39, 0.29) is 11.9 Å². The molecule has 3 amide bonds. The second kappa shape index (κ2) is 7.79. The first-order valence-electron chi connectivity index (χ1n) is 7.69. The molecule has 1 aliphatic heterocycles. The number of nitrogens with two attached hydrogens (primary N) is 1. The minimum atomic E-state index is -0.109. The molecule has 3 N–H and O–H groups in total. The number of carbonyl (C=O) groups is 2. The number of carbonyl (C=O) groups excluding carboxylic acids is 2. The zero-order chi connectivity index (χ0) is 15.9. The van der Waals surface area contributed by atoms with E-state index in [1.807, 2.05) is 29.2 Å². The molecule has 1 aromatic rings. The second-order valence-electron chi connectivity index (χ2n) is 5.68. The van der Waals surface area contributed by atoms with Crippen molar-refractivity contribution >= 4 is 11.9 Å². The second-order valence-corrected chi connectivity index (χ2v) is 5.68. The van der Waals surface area contributed by atoms with Gasteiger partial charge in [0.1, 0.15) is 0 Å². The van der Waals surface area contributed by atoms with Gasteiger partial charge in [-0.25, -0.2) is 10.6 Å². The smallest absolute Gasteiger partial charge is 0.334 e. The maximum Gasteiger partial charge on any atom is 0.334 e. The highest BCUT2D eigenvalue weighted by Crippen LogP contribution is 2.12. The van der Waals surface area contributed by atoms with Gasteiger partial charge in [-0.15, -0.1) is 0 Å². The van der Waals surface area contributed by atoms with E-state index in [1.165, 1.54) is 18.4 Å². The van der Waals surface area contributed by atoms with Gasteiger partial charge in [0.15, 0.2) is 0 Å². The third kappa shape index (κ3) is 4.73. The quantitative estimate of drug-likeness (QED) is 0.504. The van der Waals surface area contributed by atoms with Crippen LogP contribution in [-0.2, 0) is 17.9 Å².